The van der Waals surface area contributed by atoms with Crippen molar-refractivity contribution < 1.29 is 29.0 Å². The second-order valence-corrected chi connectivity index (χ2v) is 6.46. The SMILES string of the molecule is COC1=C(OC)C(=O)C(CCCCCCCCCCO[N+](=O)[O-])=C(C)C1=O. The van der Waals surface area contributed by atoms with Crippen LogP contribution >= 0.6 is 0 Å². The van der Waals surface area contributed by atoms with Gasteiger partial charge in [-0.2, -0.15) is 0 Å². The molecule has 1 aliphatic carbocycles. The number of nitrogens with zero attached hydrogens (tertiary/aromatic N) is 1. The molecule has 0 spiro atoms. The Morgan fingerprint density at radius 1 is 0.815 bits per heavy atom. The number of unbranched alkanes of at least 4 members (excludes halogenated alkanes) is 7. The summed E-state index contributed by atoms with van der Waals surface area (Å²) in [6, 6.07) is 0. The molecule has 0 aromatic heterocycles. The van der Waals surface area contributed by atoms with Crippen LogP contribution in [0.2, 0.25) is 0 Å². The maximum Gasteiger partial charge on any atom is 0.294 e. The molecule has 0 bridgehead atoms. The number of rotatable bonds is 14. The zero-order valence-corrected chi connectivity index (χ0v) is 16.4. The van der Waals surface area contributed by atoms with E-state index in [-0.39, 0.29) is 29.7 Å². The molecule has 27 heavy (non-hydrogen) atoms. The fourth-order valence-corrected chi connectivity index (χ4v) is 3.10. The summed E-state index contributed by atoms with van der Waals surface area (Å²) in [5.41, 5.74) is 0.957. The Balaban J connectivity index is 2.25. The van der Waals surface area contributed by atoms with Crippen LogP contribution in [0.25, 0.3) is 0 Å². The van der Waals surface area contributed by atoms with Gasteiger partial charge in [0.25, 0.3) is 5.09 Å². The van der Waals surface area contributed by atoms with Crippen molar-refractivity contribution in [3.63, 3.8) is 0 Å². The highest BCUT2D eigenvalue weighted by Crippen LogP contribution is 2.28. The summed E-state index contributed by atoms with van der Waals surface area (Å²) in [5, 5.41) is 9.24. The molecule has 0 radical (unpaired) electrons. The van der Waals surface area contributed by atoms with Crippen molar-refractivity contribution in [2.75, 3.05) is 20.8 Å². The summed E-state index contributed by atoms with van der Waals surface area (Å²) in [4.78, 5) is 39.0. The molecule has 0 heterocycles. The fraction of sp³-hybridized carbons (Fsp3) is 0.684. The van der Waals surface area contributed by atoms with E-state index in [1.807, 2.05) is 0 Å². The Labute approximate surface area is 159 Å². The summed E-state index contributed by atoms with van der Waals surface area (Å²) in [6.45, 7) is 1.82. The molecular formula is C19H29NO7. The van der Waals surface area contributed by atoms with Crippen LogP contribution in [0.4, 0.5) is 0 Å². The van der Waals surface area contributed by atoms with Crippen LogP contribution < -0.4 is 0 Å². The van der Waals surface area contributed by atoms with Crippen LogP contribution in [0.1, 0.15) is 64.7 Å². The Morgan fingerprint density at radius 2 is 1.30 bits per heavy atom. The fourth-order valence-electron chi connectivity index (χ4n) is 3.10. The van der Waals surface area contributed by atoms with Gasteiger partial charge < -0.3 is 14.3 Å². The highest BCUT2D eigenvalue weighted by Gasteiger charge is 2.34. The van der Waals surface area contributed by atoms with E-state index < -0.39 is 5.09 Å². The lowest BCUT2D eigenvalue weighted by atomic mass is 9.89. The minimum absolute atomic E-state index is 0.0100. The van der Waals surface area contributed by atoms with E-state index in [9.17, 15) is 19.7 Å². The van der Waals surface area contributed by atoms with Crippen LogP contribution in [-0.2, 0) is 23.9 Å². The lowest BCUT2D eigenvalue weighted by molar-refractivity contribution is -0.757. The molecule has 0 saturated heterocycles. The first-order valence-electron chi connectivity index (χ1n) is 9.32. The molecular weight excluding hydrogens is 354 g/mol. The summed E-state index contributed by atoms with van der Waals surface area (Å²) in [7, 11) is 2.72. The van der Waals surface area contributed by atoms with E-state index in [0.717, 1.165) is 44.9 Å². The molecule has 8 heteroatoms. The summed E-state index contributed by atoms with van der Waals surface area (Å²) < 4.78 is 10.1. The van der Waals surface area contributed by atoms with Crippen LogP contribution in [0.3, 0.4) is 0 Å². The van der Waals surface area contributed by atoms with Crippen LogP contribution in [0.15, 0.2) is 22.7 Å². The van der Waals surface area contributed by atoms with Gasteiger partial charge in [0.05, 0.1) is 20.8 Å². The number of ketones is 2. The van der Waals surface area contributed by atoms with E-state index in [0.29, 0.717) is 24.0 Å². The largest absolute Gasteiger partial charge is 0.489 e. The number of methoxy groups -OCH3 is 2. The lowest BCUT2D eigenvalue weighted by Gasteiger charge is -2.20. The van der Waals surface area contributed by atoms with Gasteiger partial charge in [-0.3, -0.25) is 9.59 Å². The molecule has 0 fully saturated rings. The molecule has 0 aliphatic heterocycles. The van der Waals surface area contributed by atoms with E-state index >= 15 is 0 Å². The molecule has 152 valence electrons. The zero-order chi connectivity index (χ0) is 20.2. The highest BCUT2D eigenvalue weighted by molar-refractivity contribution is 6.23. The first-order chi connectivity index (χ1) is 12.9. The third kappa shape index (κ3) is 7.03. The average Bonchev–Trinajstić information content (AvgIpc) is 2.64. The predicted octanol–water partition coefficient (Wildman–Crippen LogP) is 3.68. The number of carbonyl (C=O) groups excluding carboxylic acids is 2. The Morgan fingerprint density at radius 3 is 1.81 bits per heavy atom. The van der Waals surface area contributed by atoms with Gasteiger partial charge in [-0.1, -0.05) is 38.5 Å². The van der Waals surface area contributed by atoms with E-state index in [2.05, 4.69) is 4.84 Å². The van der Waals surface area contributed by atoms with Gasteiger partial charge in [0.15, 0.2) is 0 Å². The third-order valence-corrected chi connectivity index (χ3v) is 4.61. The molecule has 0 amide bonds. The minimum Gasteiger partial charge on any atom is -0.489 e. The van der Waals surface area contributed by atoms with Crippen LogP contribution in [-0.4, -0.2) is 37.5 Å². The number of carbonyl (C=O) groups is 2. The van der Waals surface area contributed by atoms with Gasteiger partial charge in [0.2, 0.25) is 23.1 Å². The van der Waals surface area contributed by atoms with Gasteiger partial charge in [-0.25, -0.2) is 0 Å². The zero-order valence-electron chi connectivity index (χ0n) is 16.4. The van der Waals surface area contributed by atoms with Gasteiger partial charge in [0.1, 0.15) is 0 Å². The normalized spacial score (nSPS) is 14.6. The average molecular weight is 383 g/mol. The number of hydrogen-bond acceptors (Lipinski definition) is 7. The Kier molecular flexibility index (Phi) is 10.1. The monoisotopic (exact) mass is 383 g/mol. The van der Waals surface area contributed by atoms with Gasteiger partial charge in [-0.15, -0.1) is 10.1 Å². The lowest BCUT2D eigenvalue weighted by Crippen LogP contribution is -2.25. The van der Waals surface area contributed by atoms with Crippen molar-refractivity contribution in [1.29, 1.82) is 0 Å². The first-order valence-corrected chi connectivity index (χ1v) is 9.32. The predicted molar refractivity (Wildman–Crippen MR) is 98.3 cm³/mol. The van der Waals surface area contributed by atoms with Gasteiger partial charge >= 0.3 is 0 Å². The second kappa shape index (κ2) is 12.1. The van der Waals surface area contributed by atoms with Gasteiger partial charge in [-0.05, 0) is 26.2 Å². The van der Waals surface area contributed by atoms with Crippen molar-refractivity contribution in [2.24, 2.45) is 0 Å². The molecule has 0 aromatic carbocycles. The Bertz CT molecular complexity index is 607. The third-order valence-electron chi connectivity index (χ3n) is 4.61. The quantitative estimate of drug-likeness (QED) is 0.195. The molecule has 0 N–H and O–H groups in total. The van der Waals surface area contributed by atoms with Crippen LogP contribution in [0, 0.1) is 10.1 Å². The van der Waals surface area contributed by atoms with E-state index in [1.54, 1.807) is 6.92 Å². The molecule has 0 atom stereocenters. The molecule has 0 saturated carbocycles. The highest BCUT2D eigenvalue weighted by atomic mass is 16.9. The number of ether oxygens (including phenoxy) is 2. The van der Waals surface area contributed by atoms with Crippen molar-refractivity contribution >= 4 is 11.6 Å². The van der Waals surface area contributed by atoms with E-state index in [4.69, 9.17) is 9.47 Å². The molecule has 1 rings (SSSR count). The summed E-state index contributed by atoms with van der Waals surface area (Å²) in [5.74, 6) is -0.579. The molecule has 8 nitrogen and oxygen atoms in total. The Hall–Kier alpha value is -2.38. The molecule has 1 aliphatic rings. The van der Waals surface area contributed by atoms with E-state index in [1.165, 1.54) is 14.2 Å². The first kappa shape index (κ1) is 22.7. The number of Topliss-reactive ketones (excluding diaryl/α,β-unsaturated/α-hetero) is 2. The van der Waals surface area contributed by atoms with Crippen molar-refractivity contribution in [1.82, 2.24) is 0 Å². The second-order valence-electron chi connectivity index (χ2n) is 6.46. The van der Waals surface area contributed by atoms with Crippen LogP contribution in [0.5, 0.6) is 0 Å². The standard InChI is InChI=1S/C19H29NO7/c1-14-15(17(22)19(26-3)18(25-2)16(14)21)12-10-8-6-4-5-7-9-11-13-27-20(23)24/h4-13H2,1-3H3. The summed E-state index contributed by atoms with van der Waals surface area (Å²) in [6.07, 6.45) is 8.22. The molecule has 0 unspecified atom stereocenters. The number of allylic oxidation sites excluding steroid dienone is 2. The van der Waals surface area contributed by atoms with Crippen molar-refractivity contribution in [2.45, 2.75) is 64.7 Å². The maximum absolute atomic E-state index is 12.5. The van der Waals surface area contributed by atoms with Crippen molar-refractivity contribution in [3.05, 3.63) is 32.8 Å². The minimum atomic E-state index is -0.761. The van der Waals surface area contributed by atoms with Gasteiger partial charge in [0, 0.05) is 11.1 Å². The maximum atomic E-state index is 12.5. The number of hydrogen-bond donors (Lipinski definition) is 0. The molecule has 0 aromatic rings. The van der Waals surface area contributed by atoms with Crippen molar-refractivity contribution in [3.8, 4) is 0 Å². The summed E-state index contributed by atoms with van der Waals surface area (Å²) >= 11 is 0. The smallest absolute Gasteiger partial charge is 0.294 e. The topological polar surface area (TPSA) is 105 Å².